The third-order valence-corrected chi connectivity index (χ3v) is 6.40. The average Bonchev–Trinajstić information content (AvgIpc) is 2.89. The van der Waals surface area contributed by atoms with E-state index in [9.17, 15) is 18.0 Å². The second-order valence-corrected chi connectivity index (χ2v) is 8.43. The summed E-state index contributed by atoms with van der Waals surface area (Å²) in [4.78, 5) is 23.2. The van der Waals surface area contributed by atoms with Gasteiger partial charge in [0.2, 0.25) is 0 Å². The smallest absolute Gasteiger partial charge is 0.339 e. The number of rotatable bonds is 4. The number of benzene rings is 2. The van der Waals surface area contributed by atoms with Gasteiger partial charge >= 0.3 is 10.8 Å². The Morgan fingerprint density at radius 1 is 1.23 bits per heavy atom. The fourth-order valence-corrected chi connectivity index (χ4v) is 4.61. The SMILES string of the molecule is COC(=O)c1cc(NS(=O)(=O)c2ccc3c(c2)sc(=O)n3C)ccc1Cl. The van der Waals surface area contributed by atoms with E-state index in [2.05, 4.69) is 9.46 Å². The van der Waals surface area contributed by atoms with Gasteiger partial charge in [0.15, 0.2) is 0 Å². The van der Waals surface area contributed by atoms with Crippen molar-refractivity contribution in [3.8, 4) is 0 Å². The molecule has 0 saturated heterocycles. The fraction of sp³-hybridized carbons (Fsp3) is 0.125. The lowest BCUT2D eigenvalue weighted by molar-refractivity contribution is 0.0601. The topological polar surface area (TPSA) is 94.5 Å². The number of aromatic nitrogens is 1. The molecule has 1 aromatic heterocycles. The van der Waals surface area contributed by atoms with Crippen LogP contribution in [0.15, 0.2) is 46.1 Å². The van der Waals surface area contributed by atoms with Crippen molar-refractivity contribution < 1.29 is 17.9 Å². The molecule has 1 heterocycles. The Balaban J connectivity index is 1.99. The Morgan fingerprint density at radius 3 is 2.65 bits per heavy atom. The molecule has 0 fully saturated rings. The molecule has 7 nitrogen and oxygen atoms in total. The third kappa shape index (κ3) is 3.33. The van der Waals surface area contributed by atoms with Gasteiger partial charge in [0.1, 0.15) is 0 Å². The van der Waals surface area contributed by atoms with E-state index in [4.69, 9.17) is 11.6 Å². The van der Waals surface area contributed by atoms with E-state index in [1.165, 1.54) is 42.0 Å². The molecule has 3 aromatic rings. The molecule has 0 atom stereocenters. The van der Waals surface area contributed by atoms with Crippen LogP contribution in [0.5, 0.6) is 0 Å². The number of anilines is 1. The molecule has 136 valence electrons. The van der Waals surface area contributed by atoms with Crippen LogP contribution in [0.25, 0.3) is 10.2 Å². The molecule has 0 amide bonds. The highest BCUT2D eigenvalue weighted by Crippen LogP contribution is 2.25. The maximum Gasteiger partial charge on any atom is 0.339 e. The first-order chi connectivity index (χ1) is 12.2. The second-order valence-electron chi connectivity index (χ2n) is 5.35. The summed E-state index contributed by atoms with van der Waals surface area (Å²) in [5.74, 6) is -0.675. The summed E-state index contributed by atoms with van der Waals surface area (Å²) in [6, 6.07) is 8.55. The van der Waals surface area contributed by atoms with E-state index in [1.54, 1.807) is 13.1 Å². The van der Waals surface area contributed by atoms with Gasteiger partial charge in [0, 0.05) is 12.7 Å². The van der Waals surface area contributed by atoms with Crippen molar-refractivity contribution >= 4 is 54.8 Å². The first kappa shape index (κ1) is 18.4. The lowest BCUT2D eigenvalue weighted by Crippen LogP contribution is -2.13. The van der Waals surface area contributed by atoms with Gasteiger partial charge in [0.05, 0.1) is 32.8 Å². The summed E-state index contributed by atoms with van der Waals surface area (Å²) < 4.78 is 34.3. The van der Waals surface area contributed by atoms with Crippen molar-refractivity contribution in [2.24, 2.45) is 7.05 Å². The van der Waals surface area contributed by atoms with Gasteiger partial charge in [-0.15, -0.1) is 0 Å². The molecule has 0 unspecified atom stereocenters. The van der Waals surface area contributed by atoms with E-state index < -0.39 is 16.0 Å². The number of ether oxygens (including phenoxy) is 1. The van der Waals surface area contributed by atoms with Crippen LogP contribution in [0, 0.1) is 0 Å². The monoisotopic (exact) mass is 412 g/mol. The lowest BCUT2D eigenvalue weighted by atomic mass is 10.2. The summed E-state index contributed by atoms with van der Waals surface area (Å²) in [6.07, 6.45) is 0. The van der Waals surface area contributed by atoms with Crippen molar-refractivity contribution in [1.29, 1.82) is 0 Å². The molecule has 0 aliphatic carbocycles. The van der Waals surface area contributed by atoms with Crippen LogP contribution in [-0.2, 0) is 21.8 Å². The molecule has 2 aromatic carbocycles. The molecule has 26 heavy (non-hydrogen) atoms. The summed E-state index contributed by atoms with van der Waals surface area (Å²) in [7, 11) is -1.10. The third-order valence-electron chi connectivity index (χ3n) is 3.70. The quantitative estimate of drug-likeness (QED) is 0.665. The van der Waals surface area contributed by atoms with E-state index in [0.29, 0.717) is 10.2 Å². The standard InChI is InChI=1S/C16H13ClN2O5S2/c1-19-13-6-4-10(8-14(13)25-16(19)21)26(22,23)18-9-3-5-12(17)11(7-9)15(20)24-2/h3-8,18H,1-2H3. The highest BCUT2D eigenvalue weighted by molar-refractivity contribution is 7.92. The van der Waals surface area contributed by atoms with E-state index in [0.717, 1.165) is 11.3 Å². The number of methoxy groups -OCH3 is 1. The largest absolute Gasteiger partial charge is 0.465 e. The Hall–Kier alpha value is -2.36. The average molecular weight is 413 g/mol. The highest BCUT2D eigenvalue weighted by Gasteiger charge is 2.18. The molecule has 0 aliphatic heterocycles. The number of aryl methyl sites for hydroxylation is 1. The molecule has 0 spiro atoms. The van der Waals surface area contributed by atoms with Gasteiger partial charge < -0.3 is 9.30 Å². The van der Waals surface area contributed by atoms with Gasteiger partial charge in [-0.25, -0.2) is 13.2 Å². The number of hydrogen-bond acceptors (Lipinski definition) is 6. The summed E-state index contributed by atoms with van der Waals surface area (Å²) in [6.45, 7) is 0. The molecule has 3 rings (SSSR count). The van der Waals surface area contributed by atoms with Gasteiger partial charge in [0.25, 0.3) is 10.0 Å². The van der Waals surface area contributed by atoms with Gasteiger partial charge in [-0.3, -0.25) is 9.52 Å². The Kier molecular flexibility index (Phi) is 4.78. The zero-order valence-corrected chi connectivity index (χ0v) is 16.0. The van der Waals surface area contributed by atoms with Gasteiger partial charge in [-0.1, -0.05) is 22.9 Å². The number of sulfonamides is 1. The van der Waals surface area contributed by atoms with Crippen molar-refractivity contribution in [3.63, 3.8) is 0 Å². The summed E-state index contributed by atoms with van der Waals surface area (Å²) in [5, 5.41) is 0.148. The van der Waals surface area contributed by atoms with E-state index in [-0.39, 0.29) is 26.0 Å². The molecule has 1 N–H and O–H groups in total. The molecule has 0 bridgehead atoms. The summed E-state index contributed by atoms with van der Waals surface area (Å²) >= 11 is 6.90. The Labute approximate surface area is 157 Å². The van der Waals surface area contributed by atoms with E-state index >= 15 is 0 Å². The number of carbonyl (C=O) groups is 1. The first-order valence-corrected chi connectivity index (χ1v) is 9.91. The molecule has 0 aliphatic rings. The molecular weight excluding hydrogens is 400 g/mol. The second kappa shape index (κ2) is 6.75. The number of halogens is 1. The van der Waals surface area contributed by atoms with Crippen molar-refractivity contribution in [2.45, 2.75) is 4.90 Å². The maximum absolute atomic E-state index is 12.6. The van der Waals surface area contributed by atoms with Gasteiger partial charge in [-0.2, -0.15) is 0 Å². The molecular formula is C16H13ClN2O5S2. The molecule has 0 radical (unpaired) electrons. The number of nitrogens with one attached hydrogen (secondary N) is 1. The minimum atomic E-state index is -3.92. The van der Waals surface area contributed by atoms with Crippen LogP contribution in [0.1, 0.15) is 10.4 Å². The molecule has 10 heteroatoms. The zero-order chi connectivity index (χ0) is 19.1. The van der Waals surface area contributed by atoms with Crippen LogP contribution in [0.2, 0.25) is 5.02 Å². The van der Waals surface area contributed by atoms with Crippen molar-refractivity contribution in [3.05, 3.63) is 56.7 Å². The van der Waals surface area contributed by atoms with Gasteiger partial charge in [-0.05, 0) is 36.4 Å². The Bertz CT molecular complexity index is 1180. The summed E-state index contributed by atoms with van der Waals surface area (Å²) in [5.41, 5.74) is 0.862. The highest BCUT2D eigenvalue weighted by atomic mass is 35.5. The fourth-order valence-electron chi connectivity index (χ4n) is 2.35. The predicted octanol–water partition coefficient (Wildman–Crippen LogP) is 2.84. The number of nitrogens with zero attached hydrogens (tertiary/aromatic N) is 1. The van der Waals surface area contributed by atoms with Crippen LogP contribution >= 0.6 is 22.9 Å². The van der Waals surface area contributed by atoms with Crippen LogP contribution in [0.4, 0.5) is 5.69 Å². The molecule has 0 saturated carbocycles. The zero-order valence-electron chi connectivity index (χ0n) is 13.6. The van der Waals surface area contributed by atoms with Crippen LogP contribution in [0.3, 0.4) is 0 Å². The number of thiazole rings is 1. The minimum absolute atomic E-state index is 0.00131. The van der Waals surface area contributed by atoms with Crippen LogP contribution in [-0.4, -0.2) is 26.1 Å². The Morgan fingerprint density at radius 2 is 1.96 bits per heavy atom. The normalized spacial score (nSPS) is 11.5. The van der Waals surface area contributed by atoms with Crippen molar-refractivity contribution in [2.75, 3.05) is 11.8 Å². The lowest BCUT2D eigenvalue weighted by Gasteiger charge is -2.10. The first-order valence-electron chi connectivity index (χ1n) is 7.23. The van der Waals surface area contributed by atoms with E-state index in [1.807, 2.05) is 0 Å². The number of fused-ring (bicyclic) bond motifs is 1. The number of hydrogen-bond donors (Lipinski definition) is 1. The maximum atomic E-state index is 12.6. The predicted molar refractivity (Wildman–Crippen MR) is 101 cm³/mol. The van der Waals surface area contributed by atoms with Crippen LogP contribution < -0.4 is 9.60 Å². The number of carbonyl (C=O) groups excluding carboxylic acids is 1. The number of esters is 1. The van der Waals surface area contributed by atoms with Crippen molar-refractivity contribution in [1.82, 2.24) is 4.57 Å². The minimum Gasteiger partial charge on any atom is -0.465 e.